The summed E-state index contributed by atoms with van der Waals surface area (Å²) in [6, 6.07) is 0.0732. The van der Waals surface area contributed by atoms with Crippen LogP contribution in [0.4, 0.5) is 0 Å². The largest absolute Gasteiger partial charge is 0.383 e. The lowest BCUT2D eigenvalue weighted by Gasteiger charge is -2.32. The highest BCUT2D eigenvalue weighted by Crippen LogP contribution is 2.25. The van der Waals surface area contributed by atoms with Crippen molar-refractivity contribution < 1.29 is 9.53 Å². The van der Waals surface area contributed by atoms with E-state index in [1.807, 2.05) is 4.90 Å². The molecule has 2 unspecified atom stereocenters. The Bertz CT molecular complexity index is 311. The number of hydrogen-bond donors (Lipinski definition) is 1. The van der Waals surface area contributed by atoms with Gasteiger partial charge in [0.15, 0.2) is 0 Å². The van der Waals surface area contributed by atoms with Crippen molar-refractivity contribution >= 4 is 5.91 Å². The van der Waals surface area contributed by atoms with E-state index in [2.05, 4.69) is 4.90 Å². The van der Waals surface area contributed by atoms with Gasteiger partial charge in [-0.05, 0) is 25.8 Å². The number of rotatable bonds is 4. The summed E-state index contributed by atoms with van der Waals surface area (Å²) in [6.07, 6.45) is 5.36. The van der Waals surface area contributed by atoms with E-state index in [4.69, 9.17) is 10.5 Å². The van der Waals surface area contributed by atoms with Gasteiger partial charge < -0.3 is 15.4 Å². The first kappa shape index (κ1) is 15.7. The van der Waals surface area contributed by atoms with Crippen LogP contribution >= 0.6 is 0 Å². The molecule has 20 heavy (non-hydrogen) atoms. The number of hydrogen-bond acceptors (Lipinski definition) is 4. The summed E-state index contributed by atoms with van der Waals surface area (Å²) in [7, 11) is 1.73. The monoisotopic (exact) mass is 283 g/mol. The number of amides is 1. The van der Waals surface area contributed by atoms with Crippen LogP contribution < -0.4 is 5.73 Å². The van der Waals surface area contributed by atoms with E-state index in [0.717, 1.165) is 65.0 Å². The molecule has 1 aliphatic carbocycles. The van der Waals surface area contributed by atoms with Crippen LogP contribution in [0, 0.1) is 5.92 Å². The van der Waals surface area contributed by atoms with Gasteiger partial charge in [-0.3, -0.25) is 9.69 Å². The minimum atomic E-state index is 0.0641. The standard InChI is InChI=1S/C15H29N3O2/c1-20-12-11-17-7-4-8-18(10-9-17)15(19)13-5-2-3-6-14(13)16/h13-14H,2-12,16H2,1H3. The fraction of sp³-hybridized carbons (Fsp3) is 0.933. The maximum Gasteiger partial charge on any atom is 0.227 e. The van der Waals surface area contributed by atoms with Crippen molar-refractivity contribution in [2.75, 3.05) is 46.4 Å². The lowest BCUT2D eigenvalue weighted by molar-refractivity contribution is -0.137. The summed E-state index contributed by atoms with van der Waals surface area (Å²) >= 11 is 0. The quantitative estimate of drug-likeness (QED) is 0.824. The Labute approximate surface area is 122 Å². The summed E-state index contributed by atoms with van der Waals surface area (Å²) in [5.41, 5.74) is 6.14. The third-order valence-corrected chi connectivity index (χ3v) is 4.65. The highest BCUT2D eigenvalue weighted by atomic mass is 16.5. The molecule has 2 fully saturated rings. The molecule has 5 heteroatoms. The van der Waals surface area contributed by atoms with Gasteiger partial charge in [-0.2, -0.15) is 0 Å². The number of methoxy groups -OCH3 is 1. The predicted molar refractivity (Wildman–Crippen MR) is 79.4 cm³/mol. The topological polar surface area (TPSA) is 58.8 Å². The molecule has 116 valence electrons. The first-order valence-electron chi connectivity index (χ1n) is 7.98. The number of nitrogens with zero attached hydrogens (tertiary/aromatic N) is 2. The van der Waals surface area contributed by atoms with E-state index in [1.165, 1.54) is 6.42 Å². The Balaban J connectivity index is 1.84. The van der Waals surface area contributed by atoms with Crippen LogP contribution in [0.2, 0.25) is 0 Å². The first-order valence-corrected chi connectivity index (χ1v) is 7.98. The molecule has 2 rings (SSSR count). The minimum absolute atomic E-state index is 0.0641. The molecule has 2 aliphatic rings. The van der Waals surface area contributed by atoms with Gasteiger partial charge in [0.1, 0.15) is 0 Å². The molecular weight excluding hydrogens is 254 g/mol. The third-order valence-electron chi connectivity index (χ3n) is 4.65. The summed E-state index contributed by atoms with van der Waals surface area (Å²) in [6.45, 7) is 5.46. The van der Waals surface area contributed by atoms with Gasteiger partial charge in [0.05, 0.1) is 12.5 Å². The van der Waals surface area contributed by atoms with E-state index in [9.17, 15) is 4.79 Å². The van der Waals surface area contributed by atoms with Gasteiger partial charge in [0, 0.05) is 39.3 Å². The van der Waals surface area contributed by atoms with Crippen molar-refractivity contribution in [3.63, 3.8) is 0 Å². The van der Waals surface area contributed by atoms with E-state index >= 15 is 0 Å². The summed E-state index contributed by atoms with van der Waals surface area (Å²) in [5, 5.41) is 0. The molecule has 0 bridgehead atoms. The van der Waals surface area contributed by atoms with Crippen LogP contribution in [0.5, 0.6) is 0 Å². The Morgan fingerprint density at radius 3 is 2.70 bits per heavy atom. The molecule has 5 nitrogen and oxygen atoms in total. The van der Waals surface area contributed by atoms with E-state index in [1.54, 1.807) is 7.11 Å². The Hall–Kier alpha value is -0.650. The van der Waals surface area contributed by atoms with Crippen molar-refractivity contribution in [3.8, 4) is 0 Å². The second-order valence-electron chi connectivity index (χ2n) is 6.07. The zero-order valence-corrected chi connectivity index (χ0v) is 12.7. The fourth-order valence-electron chi connectivity index (χ4n) is 3.34. The van der Waals surface area contributed by atoms with Crippen LogP contribution in [-0.4, -0.2) is 68.2 Å². The zero-order valence-electron chi connectivity index (χ0n) is 12.7. The predicted octanol–water partition coefficient (Wildman–Crippen LogP) is 0.685. The molecule has 2 atom stereocenters. The average Bonchev–Trinajstić information content (AvgIpc) is 2.70. The maximum atomic E-state index is 12.6. The second-order valence-corrected chi connectivity index (χ2v) is 6.07. The van der Waals surface area contributed by atoms with Gasteiger partial charge in [-0.1, -0.05) is 12.8 Å². The summed E-state index contributed by atoms with van der Waals surface area (Å²) < 4.78 is 5.13. The molecule has 1 saturated carbocycles. The molecule has 1 heterocycles. The lowest BCUT2D eigenvalue weighted by atomic mass is 9.84. The van der Waals surface area contributed by atoms with Crippen molar-refractivity contribution in [1.82, 2.24) is 9.80 Å². The normalized spacial score (nSPS) is 29.2. The Morgan fingerprint density at radius 2 is 1.95 bits per heavy atom. The minimum Gasteiger partial charge on any atom is -0.383 e. The molecule has 1 aliphatic heterocycles. The van der Waals surface area contributed by atoms with Gasteiger partial charge >= 0.3 is 0 Å². The van der Waals surface area contributed by atoms with Gasteiger partial charge in [0.25, 0.3) is 0 Å². The van der Waals surface area contributed by atoms with Crippen LogP contribution in [-0.2, 0) is 9.53 Å². The highest BCUT2D eigenvalue weighted by Gasteiger charge is 2.32. The Kier molecular flexibility index (Phi) is 6.26. The highest BCUT2D eigenvalue weighted by molar-refractivity contribution is 5.79. The van der Waals surface area contributed by atoms with Gasteiger partial charge in [-0.15, -0.1) is 0 Å². The summed E-state index contributed by atoms with van der Waals surface area (Å²) in [5.74, 6) is 0.361. The van der Waals surface area contributed by atoms with Crippen LogP contribution in [0.15, 0.2) is 0 Å². The zero-order chi connectivity index (χ0) is 14.4. The maximum absolute atomic E-state index is 12.6. The van der Waals surface area contributed by atoms with Crippen molar-refractivity contribution in [2.45, 2.75) is 38.1 Å². The SMILES string of the molecule is COCCN1CCCN(C(=O)C2CCCCC2N)CC1. The van der Waals surface area contributed by atoms with E-state index < -0.39 is 0 Å². The van der Waals surface area contributed by atoms with Crippen molar-refractivity contribution in [3.05, 3.63) is 0 Å². The third kappa shape index (κ3) is 4.17. The van der Waals surface area contributed by atoms with Crippen LogP contribution in [0.25, 0.3) is 0 Å². The number of ether oxygens (including phenoxy) is 1. The second kappa shape index (κ2) is 7.96. The van der Waals surface area contributed by atoms with E-state index in [0.29, 0.717) is 5.91 Å². The molecule has 0 aromatic carbocycles. The summed E-state index contributed by atoms with van der Waals surface area (Å²) in [4.78, 5) is 17.1. The molecule has 0 aromatic heterocycles. The van der Waals surface area contributed by atoms with Crippen molar-refractivity contribution in [1.29, 1.82) is 0 Å². The molecule has 0 radical (unpaired) electrons. The van der Waals surface area contributed by atoms with Gasteiger partial charge in [0.2, 0.25) is 5.91 Å². The average molecular weight is 283 g/mol. The molecule has 1 amide bonds. The first-order chi connectivity index (χ1) is 9.72. The van der Waals surface area contributed by atoms with E-state index in [-0.39, 0.29) is 12.0 Å². The number of nitrogens with two attached hydrogens (primary N) is 1. The van der Waals surface area contributed by atoms with Crippen LogP contribution in [0.3, 0.4) is 0 Å². The van der Waals surface area contributed by atoms with Crippen molar-refractivity contribution in [2.24, 2.45) is 11.7 Å². The smallest absolute Gasteiger partial charge is 0.227 e. The number of carbonyl (C=O) groups is 1. The number of carbonyl (C=O) groups excluding carboxylic acids is 1. The molecule has 0 spiro atoms. The lowest BCUT2D eigenvalue weighted by Crippen LogP contribution is -2.46. The van der Waals surface area contributed by atoms with Crippen LogP contribution in [0.1, 0.15) is 32.1 Å². The Morgan fingerprint density at radius 1 is 1.15 bits per heavy atom. The fourth-order valence-corrected chi connectivity index (χ4v) is 3.34. The molecule has 2 N–H and O–H groups in total. The molecule has 1 saturated heterocycles. The molecular formula is C15H29N3O2. The van der Waals surface area contributed by atoms with Gasteiger partial charge in [-0.25, -0.2) is 0 Å². The molecule has 0 aromatic rings.